The van der Waals surface area contributed by atoms with Gasteiger partial charge >= 0.3 is 0 Å². The number of anilines is 1. The Morgan fingerprint density at radius 1 is 1.43 bits per heavy atom. The highest BCUT2D eigenvalue weighted by atomic mass is 14.8. The van der Waals surface area contributed by atoms with Crippen LogP contribution in [0, 0.1) is 0 Å². The minimum atomic E-state index is 0.201. The molecule has 1 heterocycles. The predicted octanol–water partition coefficient (Wildman–Crippen LogP) is 1.29. The molecule has 2 nitrogen and oxygen atoms in total. The molecule has 0 saturated heterocycles. The Bertz CT molecular complexity index is 343. The number of hydrogen-bond acceptors (Lipinski definition) is 2. The minimum absolute atomic E-state index is 0.201. The van der Waals surface area contributed by atoms with E-state index in [4.69, 9.17) is 13.6 Å². The predicted molar refractivity (Wildman–Crippen MR) is 59.9 cm³/mol. The third kappa shape index (κ3) is 1.51. The summed E-state index contributed by atoms with van der Waals surface area (Å²) in [5, 5.41) is 0. The molecule has 1 fully saturated rings. The normalized spacial score (nSPS) is 19.8. The Labute approximate surface area is 86.3 Å². The second-order valence-electron chi connectivity index (χ2n) is 4.47. The summed E-state index contributed by atoms with van der Waals surface area (Å²) in [6.45, 7) is 2.26. The van der Waals surface area contributed by atoms with Crippen molar-refractivity contribution in [3.63, 3.8) is 0 Å². The highest BCUT2D eigenvalue weighted by Gasteiger charge is 2.32. The van der Waals surface area contributed by atoms with E-state index in [1.54, 1.807) is 6.20 Å². The third-order valence-corrected chi connectivity index (χ3v) is 3.30. The van der Waals surface area contributed by atoms with Crippen molar-refractivity contribution in [1.82, 2.24) is 4.98 Å². The van der Waals surface area contributed by atoms with Gasteiger partial charge in [-0.3, -0.25) is 0 Å². The fourth-order valence-corrected chi connectivity index (χ4v) is 2.40. The number of hydrogen-bond donors (Lipinski definition) is 1. The van der Waals surface area contributed by atoms with Crippen LogP contribution in [0.4, 0.5) is 5.82 Å². The molecule has 72 valence electrons. The lowest BCUT2D eigenvalue weighted by Gasteiger charge is -2.25. The second kappa shape index (κ2) is 3.30. The van der Waals surface area contributed by atoms with E-state index < -0.39 is 0 Å². The maximum Gasteiger partial charge on any atom is 0.127 e. The molecule has 2 radical (unpaired) electrons. The molecule has 1 aliphatic rings. The lowest BCUT2D eigenvalue weighted by atomic mass is 9.79. The van der Waals surface area contributed by atoms with Crippen molar-refractivity contribution in [2.45, 2.75) is 38.0 Å². The molecular weight excluding hydrogens is 171 g/mol. The van der Waals surface area contributed by atoms with Gasteiger partial charge < -0.3 is 5.73 Å². The van der Waals surface area contributed by atoms with Gasteiger partial charge in [0.15, 0.2) is 0 Å². The smallest absolute Gasteiger partial charge is 0.127 e. The number of nitrogen functional groups attached to an aromatic ring is 1. The van der Waals surface area contributed by atoms with Gasteiger partial charge in [0, 0.05) is 6.20 Å². The van der Waals surface area contributed by atoms with Crippen molar-refractivity contribution in [3.05, 3.63) is 17.8 Å². The van der Waals surface area contributed by atoms with Gasteiger partial charge in [0.25, 0.3) is 0 Å². The van der Waals surface area contributed by atoms with Gasteiger partial charge in [-0.15, -0.1) is 0 Å². The van der Waals surface area contributed by atoms with Crippen molar-refractivity contribution in [2.24, 2.45) is 0 Å². The van der Waals surface area contributed by atoms with E-state index in [9.17, 15) is 0 Å². The van der Waals surface area contributed by atoms with Crippen molar-refractivity contribution in [2.75, 3.05) is 5.73 Å². The average molecular weight is 186 g/mol. The SMILES string of the molecule is [B]c1cnc(N)c(C2(C)CCCC2)c1. The zero-order valence-electron chi connectivity index (χ0n) is 8.59. The van der Waals surface area contributed by atoms with Crippen LogP contribution in [-0.2, 0) is 5.41 Å². The highest BCUT2D eigenvalue weighted by Crippen LogP contribution is 2.41. The van der Waals surface area contributed by atoms with Crippen LogP contribution < -0.4 is 11.2 Å². The van der Waals surface area contributed by atoms with Gasteiger partial charge in [-0.1, -0.05) is 31.3 Å². The minimum Gasteiger partial charge on any atom is -0.383 e. The summed E-state index contributed by atoms with van der Waals surface area (Å²) in [7, 11) is 5.74. The largest absolute Gasteiger partial charge is 0.383 e. The number of nitrogens with two attached hydrogens (primary N) is 1. The first-order chi connectivity index (χ1) is 6.62. The fourth-order valence-electron chi connectivity index (χ4n) is 2.40. The third-order valence-electron chi connectivity index (χ3n) is 3.30. The van der Waals surface area contributed by atoms with E-state index in [-0.39, 0.29) is 5.41 Å². The van der Waals surface area contributed by atoms with Crippen LogP contribution in [0.2, 0.25) is 0 Å². The molecule has 2 N–H and O–H groups in total. The van der Waals surface area contributed by atoms with Gasteiger partial charge in [0.1, 0.15) is 13.7 Å². The van der Waals surface area contributed by atoms with Crippen molar-refractivity contribution in [1.29, 1.82) is 0 Å². The van der Waals surface area contributed by atoms with Crippen LogP contribution in [0.5, 0.6) is 0 Å². The van der Waals surface area contributed by atoms with E-state index in [2.05, 4.69) is 11.9 Å². The molecule has 0 bridgehead atoms. The first-order valence-corrected chi connectivity index (χ1v) is 5.13. The van der Waals surface area contributed by atoms with E-state index in [0.717, 1.165) is 5.56 Å². The second-order valence-corrected chi connectivity index (χ2v) is 4.47. The zero-order valence-corrected chi connectivity index (χ0v) is 8.59. The molecule has 1 aromatic rings. The molecule has 0 aliphatic heterocycles. The lowest BCUT2D eigenvalue weighted by molar-refractivity contribution is 0.492. The molecule has 0 aromatic carbocycles. The molecule has 1 saturated carbocycles. The topological polar surface area (TPSA) is 38.9 Å². The van der Waals surface area contributed by atoms with Crippen molar-refractivity contribution >= 4 is 19.1 Å². The summed E-state index contributed by atoms with van der Waals surface area (Å²) < 4.78 is 0. The molecule has 2 rings (SSSR count). The Hall–Kier alpha value is -0.985. The fraction of sp³-hybridized carbons (Fsp3) is 0.545. The molecule has 1 aliphatic carbocycles. The molecule has 0 atom stereocenters. The number of rotatable bonds is 1. The summed E-state index contributed by atoms with van der Waals surface area (Å²) in [5.41, 5.74) is 7.93. The van der Waals surface area contributed by atoms with Crippen LogP contribution in [0.25, 0.3) is 0 Å². The van der Waals surface area contributed by atoms with Crippen LogP contribution in [0.3, 0.4) is 0 Å². The van der Waals surface area contributed by atoms with E-state index in [1.165, 1.54) is 25.7 Å². The summed E-state index contributed by atoms with van der Waals surface area (Å²) in [6.07, 6.45) is 6.58. The zero-order chi connectivity index (χ0) is 10.2. The summed E-state index contributed by atoms with van der Waals surface area (Å²) in [6, 6.07) is 1.98. The van der Waals surface area contributed by atoms with Gasteiger partial charge in [-0.2, -0.15) is 0 Å². The molecule has 14 heavy (non-hydrogen) atoms. The van der Waals surface area contributed by atoms with E-state index in [1.807, 2.05) is 6.07 Å². The van der Waals surface area contributed by atoms with Gasteiger partial charge in [0.2, 0.25) is 0 Å². The Morgan fingerprint density at radius 2 is 2.07 bits per heavy atom. The Balaban J connectivity index is 2.44. The van der Waals surface area contributed by atoms with Crippen LogP contribution in [0.15, 0.2) is 12.3 Å². The first kappa shape index (κ1) is 9.57. The maximum atomic E-state index is 5.89. The number of nitrogens with zero attached hydrogens (tertiary/aromatic N) is 1. The Kier molecular flexibility index (Phi) is 2.26. The molecule has 0 unspecified atom stereocenters. The van der Waals surface area contributed by atoms with E-state index >= 15 is 0 Å². The molecule has 1 aromatic heterocycles. The van der Waals surface area contributed by atoms with Gasteiger partial charge in [-0.05, 0) is 23.8 Å². The van der Waals surface area contributed by atoms with Crippen LogP contribution in [-0.4, -0.2) is 12.8 Å². The molecule has 3 heteroatoms. The molecule has 0 amide bonds. The van der Waals surface area contributed by atoms with Gasteiger partial charge in [0.05, 0.1) is 0 Å². The summed E-state index contributed by atoms with van der Waals surface area (Å²) in [4.78, 5) is 4.12. The van der Waals surface area contributed by atoms with Crippen molar-refractivity contribution in [3.8, 4) is 0 Å². The standard InChI is InChI=1S/C11H15BN2/c1-11(4-2-3-5-11)9-6-8(12)7-14-10(9)13/h6-7H,2-5H2,1H3,(H2,13,14). The monoisotopic (exact) mass is 186 g/mol. The molecular formula is C11H15BN2. The van der Waals surface area contributed by atoms with Gasteiger partial charge in [-0.25, -0.2) is 4.98 Å². The quantitative estimate of drug-likeness (QED) is 0.671. The molecule has 0 spiro atoms. The summed E-state index contributed by atoms with van der Waals surface area (Å²) >= 11 is 0. The number of pyridine rings is 1. The summed E-state index contributed by atoms with van der Waals surface area (Å²) in [5.74, 6) is 0.642. The van der Waals surface area contributed by atoms with Crippen molar-refractivity contribution < 1.29 is 0 Å². The number of aromatic nitrogens is 1. The lowest BCUT2D eigenvalue weighted by Crippen LogP contribution is -2.22. The van der Waals surface area contributed by atoms with E-state index in [0.29, 0.717) is 11.3 Å². The highest BCUT2D eigenvalue weighted by molar-refractivity contribution is 6.32. The first-order valence-electron chi connectivity index (χ1n) is 5.13. The van der Waals surface area contributed by atoms with Crippen LogP contribution in [0.1, 0.15) is 38.2 Å². The van der Waals surface area contributed by atoms with Crippen LogP contribution >= 0.6 is 0 Å². The average Bonchev–Trinajstić information content (AvgIpc) is 2.58. The Morgan fingerprint density at radius 3 is 2.71 bits per heavy atom. The maximum absolute atomic E-state index is 5.89.